The number of pyridine rings is 2. The summed E-state index contributed by atoms with van der Waals surface area (Å²) in [6, 6.07) is 40.5. The van der Waals surface area contributed by atoms with Gasteiger partial charge in [0.25, 0.3) is 0 Å². The van der Waals surface area contributed by atoms with Crippen molar-refractivity contribution in [1.82, 2.24) is 28.7 Å². The Morgan fingerprint density at radius 3 is 1.83 bits per heavy atom. The molecule has 10 rings (SSSR count). The van der Waals surface area contributed by atoms with Crippen LogP contribution in [0.3, 0.4) is 0 Å². The summed E-state index contributed by atoms with van der Waals surface area (Å²) in [7, 11) is 0. The van der Waals surface area contributed by atoms with Gasteiger partial charge in [-0.25, -0.2) is 4.98 Å². The van der Waals surface area contributed by atoms with Crippen LogP contribution in [0.5, 0.6) is 11.5 Å². The van der Waals surface area contributed by atoms with E-state index in [2.05, 4.69) is 104 Å². The van der Waals surface area contributed by atoms with Crippen molar-refractivity contribution >= 4 is 54.9 Å². The van der Waals surface area contributed by atoms with Crippen LogP contribution in [0.4, 0.5) is 0 Å². The number of aromatic nitrogens is 6. The van der Waals surface area contributed by atoms with Gasteiger partial charge in [0.2, 0.25) is 0 Å². The first-order valence-electron chi connectivity index (χ1n) is 15.3. The molecular weight excluding hydrogens is 776 g/mol. The first kappa shape index (κ1) is 28.3. The smallest absolute Gasteiger partial charge is 0.497 e. The molecule has 228 valence electrons. The van der Waals surface area contributed by atoms with Crippen molar-refractivity contribution in [2.75, 3.05) is 0 Å². The molecule has 0 saturated heterocycles. The minimum Gasteiger partial charge on any atom is -0.497 e. The molecule has 5 aromatic carbocycles. The van der Waals surface area contributed by atoms with Crippen molar-refractivity contribution in [1.29, 1.82) is 0 Å². The molecule has 5 aromatic heterocycles. The van der Waals surface area contributed by atoms with Gasteiger partial charge in [-0.05, 0) is 22.1 Å². The minimum absolute atomic E-state index is 0. The molecule has 5 heterocycles. The fourth-order valence-corrected chi connectivity index (χ4v) is 6.80. The minimum atomic E-state index is 0. The molecule has 0 amide bonds. The Labute approximate surface area is 288 Å². The number of hydrogen-bond acceptors (Lipinski definition) is 5. The maximum atomic E-state index is 6.42. The maximum Gasteiger partial charge on any atom is 2.00 e. The summed E-state index contributed by atoms with van der Waals surface area (Å²) < 4.78 is 10.5. The molecule has 10 aromatic rings. The van der Waals surface area contributed by atoms with Gasteiger partial charge in [-0.15, -0.1) is 12.1 Å². The Morgan fingerprint density at radius 1 is 0.500 bits per heavy atom. The fraction of sp³-hybridized carbons (Fsp3) is 0. The van der Waals surface area contributed by atoms with Crippen molar-refractivity contribution in [3.05, 3.63) is 146 Å². The SMILES string of the molecule is [Pt+2].[c-]1c(Oc2[c-]c3c(cc2)c2ccc(-c4ccccc4)c(-c4ccccc4)c2n2ccnc32)ccc2c1c1nccn1c1nccnc21. The molecule has 8 heteroatoms. The van der Waals surface area contributed by atoms with E-state index in [-0.39, 0.29) is 21.1 Å². The summed E-state index contributed by atoms with van der Waals surface area (Å²) >= 11 is 0. The number of rotatable bonds is 4. The molecule has 0 radical (unpaired) electrons. The summed E-state index contributed by atoms with van der Waals surface area (Å²) in [5.74, 6) is 1.13. The number of imidazole rings is 2. The summed E-state index contributed by atoms with van der Waals surface area (Å²) in [6.07, 6.45) is 10.9. The van der Waals surface area contributed by atoms with E-state index in [0.717, 1.165) is 71.6 Å². The van der Waals surface area contributed by atoms with E-state index < -0.39 is 0 Å². The van der Waals surface area contributed by atoms with Crippen molar-refractivity contribution < 1.29 is 25.8 Å². The van der Waals surface area contributed by atoms with Gasteiger partial charge in [-0.1, -0.05) is 119 Å². The van der Waals surface area contributed by atoms with E-state index in [4.69, 9.17) is 9.72 Å². The molecule has 0 aliphatic heterocycles. The molecule has 0 aliphatic rings. The molecule has 7 nitrogen and oxygen atoms in total. The normalized spacial score (nSPS) is 11.6. The van der Waals surface area contributed by atoms with Gasteiger partial charge >= 0.3 is 21.1 Å². The van der Waals surface area contributed by atoms with Crippen LogP contribution in [0, 0.1) is 12.1 Å². The molecule has 48 heavy (non-hydrogen) atoms. The first-order chi connectivity index (χ1) is 23.3. The second-order valence-corrected chi connectivity index (χ2v) is 11.4. The van der Waals surface area contributed by atoms with Crippen molar-refractivity contribution in [3.8, 4) is 33.8 Å². The Morgan fingerprint density at radius 2 is 1.08 bits per heavy atom. The molecule has 0 spiro atoms. The maximum absolute atomic E-state index is 6.42. The van der Waals surface area contributed by atoms with Crippen LogP contribution in [0.25, 0.3) is 77.2 Å². The quantitative estimate of drug-likeness (QED) is 0.131. The Bertz CT molecular complexity index is 2830. The topological polar surface area (TPSA) is 69.6 Å². The third-order valence-electron chi connectivity index (χ3n) is 8.80. The van der Waals surface area contributed by atoms with Gasteiger partial charge < -0.3 is 13.5 Å². The molecule has 0 N–H and O–H groups in total. The predicted octanol–water partition coefficient (Wildman–Crippen LogP) is 9.11. The summed E-state index contributed by atoms with van der Waals surface area (Å²) in [6.45, 7) is 0. The van der Waals surface area contributed by atoms with E-state index >= 15 is 0 Å². The van der Waals surface area contributed by atoms with E-state index in [1.54, 1.807) is 18.6 Å². The number of nitrogens with zero attached hydrogens (tertiary/aromatic N) is 6. The summed E-state index contributed by atoms with van der Waals surface area (Å²) in [5, 5.41) is 4.76. The average molecular weight is 798 g/mol. The molecule has 0 aliphatic carbocycles. The summed E-state index contributed by atoms with van der Waals surface area (Å²) in [5.41, 5.74) is 8.83. The average Bonchev–Trinajstić information content (AvgIpc) is 3.84. The van der Waals surface area contributed by atoms with Gasteiger partial charge in [-0.2, -0.15) is 0 Å². The Balaban J connectivity index is 0.00000314. The van der Waals surface area contributed by atoms with Crippen LogP contribution in [-0.4, -0.2) is 28.7 Å². The number of hydrogen-bond donors (Lipinski definition) is 0. The first-order valence-corrected chi connectivity index (χ1v) is 15.3. The zero-order valence-electron chi connectivity index (χ0n) is 25.1. The standard InChI is InChI=1S/C40H22N6O.Pt/c1-3-7-25(8-4-1)29-15-16-32-30-13-11-27(23-33(30)38-43-19-21-45(38)37(32)35(29)26-9-5-2-6-10-26)47-28-12-14-31-34(24-28)39-44-20-22-46(39)40-36(31)41-17-18-42-40;/h1-22H;/q-2;+2. The Hall–Kier alpha value is -5.91. The second kappa shape index (κ2) is 11.1. The van der Waals surface area contributed by atoms with Crippen LogP contribution >= 0.6 is 0 Å². The van der Waals surface area contributed by atoms with Crippen LogP contribution in [0.15, 0.2) is 134 Å². The largest absolute Gasteiger partial charge is 2.00 e. The van der Waals surface area contributed by atoms with Crippen LogP contribution in [0.1, 0.15) is 0 Å². The molecule has 0 bridgehead atoms. The third kappa shape index (κ3) is 4.25. The van der Waals surface area contributed by atoms with Gasteiger partial charge in [0.15, 0.2) is 0 Å². The number of ether oxygens (including phenoxy) is 1. The van der Waals surface area contributed by atoms with Crippen molar-refractivity contribution in [3.63, 3.8) is 0 Å². The molecule has 0 atom stereocenters. The van der Waals surface area contributed by atoms with Crippen molar-refractivity contribution in [2.24, 2.45) is 0 Å². The zero-order chi connectivity index (χ0) is 30.9. The van der Waals surface area contributed by atoms with Crippen LogP contribution in [0.2, 0.25) is 0 Å². The fourth-order valence-electron chi connectivity index (χ4n) is 6.80. The van der Waals surface area contributed by atoms with Crippen LogP contribution in [-0.2, 0) is 21.1 Å². The molecular formula is C40H22N6OPt. The number of fused-ring (bicyclic) bond motifs is 12. The van der Waals surface area contributed by atoms with E-state index in [9.17, 15) is 0 Å². The van der Waals surface area contributed by atoms with Gasteiger partial charge in [0.1, 0.15) is 5.65 Å². The zero-order valence-corrected chi connectivity index (χ0v) is 27.4. The molecule has 0 unspecified atom stereocenters. The molecule has 0 saturated carbocycles. The predicted molar refractivity (Wildman–Crippen MR) is 185 cm³/mol. The second-order valence-electron chi connectivity index (χ2n) is 11.4. The third-order valence-corrected chi connectivity index (χ3v) is 8.80. The van der Waals surface area contributed by atoms with E-state index in [0.29, 0.717) is 11.5 Å². The monoisotopic (exact) mass is 797 g/mol. The van der Waals surface area contributed by atoms with Gasteiger partial charge in [0.05, 0.1) is 16.8 Å². The van der Waals surface area contributed by atoms with Gasteiger partial charge in [0, 0.05) is 59.8 Å². The van der Waals surface area contributed by atoms with E-state index in [1.165, 1.54) is 5.56 Å². The molecule has 0 fully saturated rings. The summed E-state index contributed by atoms with van der Waals surface area (Å²) in [4.78, 5) is 18.5. The Kier molecular flexibility index (Phi) is 6.56. The van der Waals surface area contributed by atoms with Crippen LogP contribution < -0.4 is 4.74 Å². The number of benzene rings is 5. The van der Waals surface area contributed by atoms with Crippen molar-refractivity contribution in [2.45, 2.75) is 0 Å². The van der Waals surface area contributed by atoms with E-state index in [1.807, 2.05) is 47.3 Å². The van der Waals surface area contributed by atoms with Gasteiger partial charge in [-0.3, -0.25) is 15.0 Å².